The summed E-state index contributed by atoms with van der Waals surface area (Å²) in [5, 5.41) is 30.4. The first-order chi connectivity index (χ1) is 30.2. The summed E-state index contributed by atoms with van der Waals surface area (Å²) < 4.78 is 4.60. The van der Waals surface area contributed by atoms with E-state index in [4.69, 9.17) is 0 Å². The number of fused-ring (bicyclic) bond motifs is 7. The third-order valence-corrected chi connectivity index (χ3v) is 15.6. The highest BCUT2D eigenvalue weighted by molar-refractivity contribution is 8.04. The van der Waals surface area contributed by atoms with Crippen molar-refractivity contribution >= 4 is 93.2 Å². The Labute approximate surface area is 369 Å². The molecular formula is C51H37N3O5S3. The first-order valence-corrected chi connectivity index (χ1v) is 22.8. The number of carboxylic acids is 2. The molecule has 11 heteroatoms. The number of anilines is 2. The van der Waals surface area contributed by atoms with E-state index in [9.17, 15) is 29.9 Å². The van der Waals surface area contributed by atoms with Gasteiger partial charge < -0.3 is 15.1 Å². The molecule has 8 nitrogen and oxygen atoms in total. The van der Waals surface area contributed by atoms with Crippen LogP contribution in [0.5, 0.6) is 0 Å². The number of thiophene rings is 2. The number of thioether (sulfide) groups is 1. The molecule has 2 aliphatic rings. The quantitative estimate of drug-likeness (QED) is 0.109. The topological polar surface area (TPSA) is 122 Å². The third-order valence-electron chi connectivity index (χ3n) is 11.8. The predicted octanol–water partition coefficient (Wildman–Crippen LogP) is 11.9. The van der Waals surface area contributed by atoms with Gasteiger partial charge in [-0.05, 0) is 119 Å². The summed E-state index contributed by atoms with van der Waals surface area (Å²) in [6.07, 6.45) is 2.12. The van der Waals surface area contributed by atoms with E-state index in [1.54, 1.807) is 28.7 Å². The molecular weight excluding hydrogens is 831 g/mol. The van der Waals surface area contributed by atoms with Crippen LogP contribution in [0, 0.1) is 11.3 Å². The van der Waals surface area contributed by atoms with Crippen molar-refractivity contribution in [3.05, 3.63) is 155 Å². The van der Waals surface area contributed by atoms with Crippen LogP contribution in [0.4, 0.5) is 11.4 Å². The van der Waals surface area contributed by atoms with E-state index in [-0.39, 0.29) is 11.4 Å². The highest BCUT2D eigenvalue weighted by atomic mass is 32.2. The Hall–Kier alpha value is -6.71. The molecule has 0 saturated carbocycles. The van der Waals surface area contributed by atoms with Crippen LogP contribution in [0.1, 0.15) is 23.6 Å². The van der Waals surface area contributed by atoms with Crippen LogP contribution in [0.25, 0.3) is 63.0 Å². The molecule has 2 aliphatic heterocycles. The molecule has 0 spiro atoms. The van der Waals surface area contributed by atoms with Crippen LogP contribution in [0.2, 0.25) is 0 Å². The lowest BCUT2D eigenvalue weighted by Crippen LogP contribution is -2.34. The van der Waals surface area contributed by atoms with E-state index in [1.165, 1.54) is 48.4 Å². The largest absolute Gasteiger partial charge is 0.480 e. The second-order valence-electron chi connectivity index (χ2n) is 15.4. The first-order valence-electron chi connectivity index (χ1n) is 20.3. The molecule has 1 atom stereocenters. The predicted molar refractivity (Wildman–Crippen MR) is 252 cm³/mol. The number of carbonyl (C=O) groups excluding carboxylic acids is 1. The minimum Gasteiger partial charge on any atom is -0.480 e. The molecule has 1 unspecified atom stereocenters. The van der Waals surface area contributed by atoms with E-state index in [0.717, 1.165) is 78.7 Å². The second-order valence-corrected chi connectivity index (χ2v) is 18.7. The second kappa shape index (κ2) is 16.0. The zero-order valence-electron chi connectivity index (χ0n) is 33.4. The lowest BCUT2D eigenvalue weighted by atomic mass is 9.91. The SMILES string of the molecule is CCN1c2ccccc2CCc2cc(-c3cc4c(cc3-c3ccccc3)sc3c5cc(CC6S/C(=C(\C#N)C(=O)O)N(CC(=O)O)C6=O)c(-c6ccccc6)cc5sc43)ccc21. The highest BCUT2D eigenvalue weighted by Crippen LogP contribution is 2.50. The zero-order chi connectivity index (χ0) is 42.6. The fraction of sp³-hybridized carbons (Fsp3) is 0.137. The molecule has 1 saturated heterocycles. The van der Waals surface area contributed by atoms with Gasteiger partial charge in [-0.2, -0.15) is 5.26 Å². The van der Waals surface area contributed by atoms with Gasteiger partial charge in [0.1, 0.15) is 17.6 Å². The fourth-order valence-corrected chi connectivity index (χ4v) is 13.0. The van der Waals surface area contributed by atoms with Gasteiger partial charge in [0.2, 0.25) is 5.91 Å². The van der Waals surface area contributed by atoms with Crippen molar-refractivity contribution in [1.82, 2.24) is 4.90 Å². The van der Waals surface area contributed by atoms with Crippen molar-refractivity contribution in [3.8, 4) is 39.4 Å². The third kappa shape index (κ3) is 6.81. The number of carboxylic acid groups (broad SMARTS) is 2. The number of nitriles is 1. The Morgan fingerprint density at radius 2 is 1.29 bits per heavy atom. The lowest BCUT2D eigenvalue weighted by Gasteiger charge is -2.26. The van der Waals surface area contributed by atoms with Gasteiger partial charge in [0.15, 0.2) is 5.57 Å². The Morgan fingerprint density at radius 3 is 1.95 bits per heavy atom. The number of aryl methyl sites for hydroxylation is 2. The standard InChI is InChI=1S/C51H37N3O5S3/c1-2-53-41-16-10-9-15-31(41)17-18-33-21-32(19-20-42(33)53)36-24-39-44(26-37(36)30-13-7-4-8-14-30)61-47-38-22-34(35(25-43(38)60-48(39)47)29-11-5-3-6-12-29)23-45-49(57)54(28-46(55)56)50(62-45)40(27-52)51(58)59/h3-16,19-22,24-26,45H,2,17-18,23,28H2,1H3,(H,55,56)(H,58,59)/b50-40+. The number of nitrogens with zero attached hydrogens (tertiary/aromatic N) is 3. The Bertz CT molecular complexity index is 3220. The summed E-state index contributed by atoms with van der Waals surface area (Å²) in [5.74, 6) is -3.35. The molecule has 62 heavy (non-hydrogen) atoms. The van der Waals surface area contributed by atoms with Crippen LogP contribution >= 0.6 is 34.4 Å². The van der Waals surface area contributed by atoms with Crippen molar-refractivity contribution in [3.63, 3.8) is 0 Å². The maximum Gasteiger partial charge on any atom is 0.349 e. The molecule has 2 aromatic heterocycles. The monoisotopic (exact) mass is 867 g/mol. The van der Waals surface area contributed by atoms with Gasteiger partial charge in [-0.1, -0.05) is 96.7 Å². The molecule has 8 aromatic rings. The van der Waals surface area contributed by atoms with Gasteiger partial charge in [0.25, 0.3) is 0 Å². The first kappa shape index (κ1) is 39.4. The highest BCUT2D eigenvalue weighted by Gasteiger charge is 2.41. The summed E-state index contributed by atoms with van der Waals surface area (Å²) in [4.78, 5) is 41.1. The molecule has 6 aromatic carbocycles. The smallest absolute Gasteiger partial charge is 0.349 e. The molecule has 0 radical (unpaired) electrons. The summed E-state index contributed by atoms with van der Waals surface area (Å²) in [6, 6.07) is 46.8. The maximum absolute atomic E-state index is 13.9. The minimum atomic E-state index is -1.51. The van der Waals surface area contributed by atoms with Gasteiger partial charge in [-0.25, -0.2) is 4.79 Å². The molecule has 0 bridgehead atoms. The van der Waals surface area contributed by atoms with Crippen LogP contribution in [-0.2, 0) is 33.6 Å². The molecule has 2 N–H and O–H groups in total. The number of rotatable bonds is 9. The molecule has 10 rings (SSSR count). The fourth-order valence-electron chi connectivity index (χ4n) is 9.01. The Balaban J connectivity index is 1.12. The number of hydrogen-bond acceptors (Lipinski definition) is 8. The lowest BCUT2D eigenvalue weighted by molar-refractivity contribution is -0.142. The van der Waals surface area contributed by atoms with Crippen LogP contribution in [0.15, 0.2) is 138 Å². The number of para-hydroxylation sites is 1. The van der Waals surface area contributed by atoms with Crippen molar-refractivity contribution < 1.29 is 24.6 Å². The summed E-state index contributed by atoms with van der Waals surface area (Å²) in [5.41, 5.74) is 12.0. The maximum atomic E-state index is 13.9. The number of amides is 1. The molecule has 4 heterocycles. The Morgan fingerprint density at radius 1 is 0.694 bits per heavy atom. The van der Waals surface area contributed by atoms with Gasteiger partial charge in [0.05, 0.1) is 14.6 Å². The Kier molecular flexibility index (Phi) is 10.1. The zero-order valence-corrected chi connectivity index (χ0v) is 35.9. The van der Waals surface area contributed by atoms with Crippen LogP contribution < -0.4 is 4.90 Å². The summed E-state index contributed by atoms with van der Waals surface area (Å²) in [6.45, 7) is 2.35. The van der Waals surface area contributed by atoms with E-state index < -0.39 is 35.2 Å². The molecule has 0 aliphatic carbocycles. The van der Waals surface area contributed by atoms with Crippen LogP contribution in [0.3, 0.4) is 0 Å². The summed E-state index contributed by atoms with van der Waals surface area (Å²) in [7, 11) is 0. The van der Waals surface area contributed by atoms with Gasteiger partial charge in [0, 0.05) is 38.1 Å². The average Bonchev–Trinajstić information content (AvgIpc) is 3.87. The number of aliphatic carboxylic acids is 2. The van der Waals surface area contributed by atoms with Crippen molar-refractivity contribution in [1.29, 1.82) is 5.26 Å². The van der Waals surface area contributed by atoms with Crippen molar-refractivity contribution in [2.75, 3.05) is 18.0 Å². The number of carbonyl (C=O) groups is 3. The normalized spacial score (nSPS) is 15.7. The summed E-state index contributed by atoms with van der Waals surface area (Å²) >= 11 is 4.45. The van der Waals surface area contributed by atoms with Crippen LogP contribution in [-0.4, -0.2) is 51.3 Å². The number of benzene rings is 6. The number of hydrogen-bond donors (Lipinski definition) is 2. The van der Waals surface area contributed by atoms with Crippen molar-refractivity contribution in [2.45, 2.75) is 31.4 Å². The molecule has 1 amide bonds. The average molecular weight is 868 g/mol. The molecule has 304 valence electrons. The molecule has 1 fully saturated rings. The van der Waals surface area contributed by atoms with E-state index >= 15 is 0 Å². The van der Waals surface area contributed by atoms with Gasteiger partial charge >= 0.3 is 11.9 Å². The van der Waals surface area contributed by atoms with E-state index in [1.807, 2.05) is 36.4 Å². The van der Waals surface area contributed by atoms with Gasteiger partial charge in [-0.3, -0.25) is 14.5 Å². The van der Waals surface area contributed by atoms with Gasteiger partial charge in [-0.15, -0.1) is 22.7 Å². The van der Waals surface area contributed by atoms with Crippen molar-refractivity contribution in [2.24, 2.45) is 0 Å². The van der Waals surface area contributed by atoms with E-state index in [0.29, 0.717) is 0 Å². The minimum absolute atomic E-state index is 0.144. The van der Waals surface area contributed by atoms with E-state index in [2.05, 4.69) is 103 Å².